The van der Waals surface area contributed by atoms with E-state index in [1.807, 2.05) is 0 Å². The number of thiophene rings is 1. The zero-order chi connectivity index (χ0) is 13.9. The van der Waals surface area contributed by atoms with E-state index in [-0.39, 0.29) is 12.1 Å². The highest BCUT2D eigenvalue weighted by Gasteiger charge is 2.28. The molecule has 0 spiro atoms. The zero-order valence-electron chi connectivity index (χ0n) is 11.0. The number of ether oxygens (including phenoxy) is 1. The van der Waals surface area contributed by atoms with Crippen LogP contribution in [0.4, 0.5) is 0 Å². The van der Waals surface area contributed by atoms with Crippen LogP contribution < -0.4 is 11.3 Å². The second-order valence-corrected chi connectivity index (χ2v) is 6.76. The van der Waals surface area contributed by atoms with Crippen molar-refractivity contribution in [2.45, 2.75) is 25.0 Å². The Morgan fingerprint density at radius 2 is 2.25 bits per heavy atom. The Labute approximate surface area is 131 Å². The Hall–Kier alpha value is -0.720. The standard InChI is InChI=1S/C15H17BrN2OS/c16-12-6-8-20-14(12)9-13(18-17)15-11-4-2-1-3-10(11)5-7-19-15/h1-4,6,8,13,15,18H,5,7,9,17H2. The minimum absolute atomic E-state index is 0.0129. The second kappa shape index (κ2) is 6.37. The highest BCUT2D eigenvalue weighted by Crippen LogP contribution is 2.33. The summed E-state index contributed by atoms with van der Waals surface area (Å²) in [6.45, 7) is 0.755. The normalized spacial score (nSPS) is 19.6. The van der Waals surface area contributed by atoms with Crippen LogP contribution >= 0.6 is 27.3 Å². The van der Waals surface area contributed by atoms with Crippen molar-refractivity contribution in [2.24, 2.45) is 5.84 Å². The molecule has 2 heterocycles. The van der Waals surface area contributed by atoms with Gasteiger partial charge < -0.3 is 4.74 Å². The van der Waals surface area contributed by atoms with Gasteiger partial charge in [-0.1, -0.05) is 24.3 Å². The third-order valence-electron chi connectivity index (χ3n) is 3.71. The van der Waals surface area contributed by atoms with Crippen LogP contribution in [-0.4, -0.2) is 12.6 Å². The summed E-state index contributed by atoms with van der Waals surface area (Å²) in [5.41, 5.74) is 5.57. The number of benzene rings is 1. The largest absolute Gasteiger partial charge is 0.371 e. The van der Waals surface area contributed by atoms with Crippen molar-refractivity contribution < 1.29 is 4.74 Å². The molecule has 1 aliphatic heterocycles. The summed E-state index contributed by atoms with van der Waals surface area (Å²) in [6, 6.07) is 10.6. The monoisotopic (exact) mass is 352 g/mol. The van der Waals surface area contributed by atoms with Crippen LogP contribution in [0.3, 0.4) is 0 Å². The number of halogens is 1. The molecule has 2 atom stereocenters. The maximum atomic E-state index is 5.99. The third-order valence-corrected chi connectivity index (χ3v) is 5.65. The lowest BCUT2D eigenvalue weighted by molar-refractivity contribution is 0.0155. The lowest BCUT2D eigenvalue weighted by Gasteiger charge is -2.32. The van der Waals surface area contributed by atoms with Gasteiger partial charge in [0.2, 0.25) is 0 Å². The van der Waals surface area contributed by atoms with Crippen molar-refractivity contribution in [3.05, 3.63) is 56.2 Å². The van der Waals surface area contributed by atoms with E-state index in [2.05, 4.69) is 57.1 Å². The van der Waals surface area contributed by atoms with Crippen LogP contribution in [0.5, 0.6) is 0 Å². The molecule has 0 amide bonds. The molecule has 0 bridgehead atoms. The molecule has 3 nitrogen and oxygen atoms in total. The van der Waals surface area contributed by atoms with Gasteiger partial charge in [-0.25, -0.2) is 0 Å². The van der Waals surface area contributed by atoms with E-state index in [1.54, 1.807) is 11.3 Å². The second-order valence-electron chi connectivity index (χ2n) is 4.91. The Balaban J connectivity index is 1.85. The number of fused-ring (bicyclic) bond motifs is 1. The molecule has 2 unspecified atom stereocenters. The van der Waals surface area contributed by atoms with Crippen LogP contribution in [0.15, 0.2) is 40.2 Å². The summed E-state index contributed by atoms with van der Waals surface area (Å²) in [7, 11) is 0. The average Bonchev–Trinajstić information content (AvgIpc) is 2.89. The van der Waals surface area contributed by atoms with Crippen molar-refractivity contribution in [1.29, 1.82) is 0 Å². The number of nitrogens with one attached hydrogen (secondary N) is 1. The predicted octanol–water partition coefficient (Wildman–Crippen LogP) is 3.20. The van der Waals surface area contributed by atoms with Crippen LogP contribution in [0, 0.1) is 0 Å². The number of nitrogens with two attached hydrogens (primary N) is 1. The zero-order valence-corrected chi connectivity index (χ0v) is 13.4. The van der Waals surface area contributed by atoms with E-state index in [0.717, 1.165) is 23.9 Å². The summed E-state index contributed by atoms with van der Waals surface area (Å²) in [4.78, 5) is 1.29. The fourth-order valence-corrected chi connectivity index (χ4v) is 4.26. The van der Waals surface area contributed by atoms with Crippen LogP contribution in [0.25, 0.3) is 0 Å². The lowest BCUT2D eigenvalue weighted by atomic mass is 9.92. The Kier molecular flexibility index (Phi) is 4.53. The fourth-order valence-electron chi connectivity index (χ4n) is 2.68. The minimum atomic E-state index is 0.0129. The van der Waals surface area contributed by atoms with Crippen molar-refractivity contribution in [3.8, 4) is 0 Å². The van der Waals surface area contributed by atoms with E-state index in [1.165, 1.54) is 16.0 Å². The van der Waals surface area contributed by atoms with E-state index < -0.39 is 0 Å². The molecule has 1 aliphatic rings. The molecular formula is C15H17BrN2OS. The minimum Gasteiger partial charge on any atom is -0.371 e. The molecule has 20 heavy (non-hydrogen) atoms. The van der Waals surface area contributed by atoms with E-state index in [0.29, 0.717) is 0 Å². The van der Waals surface area contributed by atoms with Crippen LogP contribution in [0.2, 0.25) is 0 Å². The molecule has 3 rings (SSSR count). The molecule has 5 heteroatoms. The molecule has 2 aromatic rings. The molecule has 0 saturated carbocycles. The highest BCUT2D eigenvalue weighted by atomic mass is 79.9. The third kappa shape index (κ3) is 2.82. The maximum Gasteiger partial charge on any atom is 0.0997 e. The van der Waals surface area contributed by atoms with E-state index >= 15 is 0 Å². The Morgan fingerprint density at radius 3 is 3.00 bits per heavy atom. The van der Waals surface area contributed by atoms with Crippen LogP contribution in [-0.2, 0) is 17.6 Å². The van der Waals surface area contributed by atoms with Crippen molar-refractivity contribution in [1.82, 2.24) is 5.43 Å². The molecule has 0 saturated heterocycles. The summed E-state index contributed by atoms with van der Waals surface area (Å²) in [5.74, 6) is 5.79. The van der Waals surface area contributed by atoms with Gasteiger partial charge in [0.05, 0.1) is 18.8 Å². The molecule has 106 valence electrons. The first kappa shape index (κ1) is 14.2. The molecule has 0 aliphatic carbocycles. The predicted molar refractivity (Wildman–Crippen MR) is 85.7 cm³/mol. The van der Waals surface area contributed by atoms with E-state index in [4.69, 9.17) is 10.6 Å². The van der Waals surface area contributed by atoms with Gasteiger partial charge in [0.15, 0.2) is 0 Å². The van der Waals surface area contributed by atoms with Gasteiger partial charge in [0.1, 0.15) is 0 Å². The van der Waals surface area contributed by atoms with Gasteiger partial charge in [-0.3, -0.25) is 11.3 Å². The van der Waals surface area contributed by atoms with Gasteiger partial charge >= 0.3 is 0 Å². The highest BCUT2D eigenvalue weighted by molar-refractivity contribution is 9.10. The first-order valence-corrected chi connectivity index (χ1v) is 8.34. The summed E-state index contributed by atoms with van der Waals surface area (Å²) < 4.78 is 7.14. The van der Waals surface area contributed by atoms with Gasteiger partial charge in [0.25, 0.3) is 0 Å². The molecule has 3 N–H and O–H groups in total. The van der Waals surface area contributed by atoms with Gasteiger partial charge in [-0.15, -0.1) is 11.3 Å². The molecule has 1 aromatic carbocycles. The first-order chi connectivity index (χ1) is 9.79. The number of rotatable bonds is 4. The average molecular weight is 353 g/mol. The maximum absolute atomic E-state index is 5.99. The summed E-state index contributed by atoms with van der Waals surface area (Å²) in [5, 5.41) is 2.09. The fraction of sp³-hybridized carbons (Fsp3) is 0.333. The lowest BCUT2D eigenvalue weighted by Crippen LogP contribution is -2.43. The van der Waals surface area contributed by atoms with Crippen molar-refractivity contribution in [3.63, 3.8) is 0 Å². The number of hydrogen-bond acceptors (Lipinski definition) is 4. The van der Waals surface area contributed by atoms with Crippen molar-refractivity contribution >= 4 is 27.3 Å². The quantitative estimate of drug-likeness (QED) is 0.656. The van der Waals surface area contributed by atoms with Crippen LogP contribution in [0.1, 0.15) is 22.1 Å². The molecular weight excluding hydrogens is 336 g/mol. The number of hydrogen-bond donors (Lipinski definition) is 2. The Morgan fingerprint density at radius 1 is 1.40 bits per heavy atom. The molecule has 1 aromatic heterocycles. The van der Waals surface area contributed by atoms with Gasteiger partial charge in [0, 0.05) is 15.8 Å². The SMILES string of the molecule is NNC(Cc1sccc1Br)C1OCCc2ccccc21. The van der Waals surface area contributed by atoms with Gasteiger partial charge in [-0.05, 0) is 44.9 Å². The Bertz CT molecular complexity index is 587. The van der Waals surface area contributed by atoms with Crippen molar-refractivity contribution in [2.75, 3.05) is 6.61 Å². The molecule has 0 radical (unpaired) electrons. The summed E-state index contributed by atoms with van der Waals surface area (Å²) >= 11 is 5.32. The first-order valence-electron chi connectivity index (χ1n) is 6.67. The van der Waals surface area contributed by atoms with Gasteiger partial charge in [-0.2, -0.15) is 0 Å². The molecule has 0 fully saturated rings. The van der Waals surface area contributed by atoms with E-state index in [9.17, 15) is 0 Å². The summed E-state index contributed by atoms with van der Waals surface area (Å²) in [6.07, 6.45) is 1.85. The number of hydrazine groups is 1. The topological polar surface area (TPSA) is 47.3 Å². The smallest absolute Gasteiger partial charge is 0.0997 e.